The zero-order valence-electron chi connectivity index (χ0n) is 16.3. The van der Waals surface area contributed by atoms with Crippen molar-refractivity contribution in [1.82, 2.24) is 10.2 Å². The Bertz CT molecular complexity index is 676. The predicted octanol–water partition coefficient (Wildman–Crippen LogP) is 3.88. The molecule has 4 N–H and O–H groups in total. The van der Waals surface area contributed by atoms with Gasteiger partial charge in [0, 0.05) is 30.4 Å². The number of likely N-dealkylation sites (tertiary alicyclic amines) is 1. The molecule has 3 amide bonds. The van der Waals surface area contributed by atoms with Gasteiger partial charge in [0.2, 0.25) is 0 Å². The molecule has 0 spiro atoms. The van der Waals surface area contributed by atoms with Crippen LogP contribution in [-0.4, -0.2) is 41.5 Å². The molecule has 1 aromatic carbocycles. The van der Waals surface area contributed by atoms with Crippen LogP contribution in [0.2, 0.25) is 5.02 Å². The van der Waals surface area contributed by atoms with Gasteiger partial charge in [-0.15, -0.1) is 12.4 Å². The molecule has 2 rings (SSSR count). The summed E-state index contributed by atoms with van der Waals surface area (Å²) in [7, 11) is 0. The van der Waals surface area contributed by atoms with E-state index in [0.717, 1.165) is 12.8 Å². The maximum absolute atomic E-state index is 13.0. The number of urea groups is 1. The van der Waals surface area contributed by atoms with Gasteiger partial charge in [-0.2, -0.15) is 0 Å². The number of piperidine rings is 1. The molecule has 0 aromatic heterocycles. The minimum atomic E-state index is -0.353. The summed E-state index contributed by atoms with van der Waals surface area (Å²) in [6.07, 6.45) is 1.84. The van der Waals surface area contributed by atoms with Gasteiger partial charge in [-0.25, -0.2) is 4.79 Å². The lowest BCUT2D eigenvalue weighted by Crippen LogP contribution is -2.49. The summed E-state index contributed by atoms with van der Waals surface area (Å²) in [5.74, 6) is 0.411. The molecule has 1 aromatic rings. The van der Waals surface area contributed by atoms with E-state index in [0.29, 0.717) is 35.3 Å². The number of rotatable bonds is 3. The quantitative estimate of drug-likeness (QED) is 0.698. The normalized spacial score (nSPS) is 19.9. The third-order valence-corrected chi connectivity index (χ3v) is 4.78. The molecule has 1 aliphatic rings. The Kier molecular flexibility index (Phi) is 8.39. The van der Waals surface area contributed by atoms with E-state index in [2.05, 4.69) is 17.6 Å². The van der Waals surface area contributed by atoms with Crippen LogP contribution in [-0.2, 0) is 0 Å². The second kappa shape index (κ2) is 9.62. The van der Waals surface area contributed by atoms with Crippen molar-refractivity contribution in [2.45, 2.75) is 52.1 Å². The highest BCUT2D eigenvalue weighted by molar-refractivity contribution is 6.34. The third kappa shape index (κ3) is 6.55. The van der Waals surface area contributed by atoms with Crippen molar-refractivity contribution in [2.75, 3.05) is 18.4 Å². The number of halogens is 2. The number of carbonyl (C=O) groups is 2. The largest absolute Gasteiger partial charge is 0.334 e. The molecule has 1 saturated heterocycles. The molecule has 8 heteroatoms. The van der Waals surface area contributed by atoms with Crippen molar-refractivity contribution in [3.8, 4) is 0 Å². The molecule has 2 unspecified atom stereocenters. The van der Waals surface area contributed by atoms with Crippen LogP contribution in [0.4, 0.5) is 10.5 Å². The maximum atomic E-state index is 13.0. The van der Waals surface area contributed by atoms with Gasteiger partial charge in [0.1, 0.15) is 0 Å². The van der Waals surface area contributed by atoms with Crippen LogP contribution in [0.15, 0.2) is 18.2 Å². The lowest BCUT2D eigenvalue weighted by molar-refractivity contribution is 0.0574. The van der Waals surface area contributed by atoms with Crippen LogP contribution in [0.1, 0.15) is 50.9 Å². The van der Waals surface area contributed by atoms with Gasteiger partial charge in [0.15, 0.2) is 0 Å². The Hall–Kier alpha value is -1.50. The van der Waals surface area contributed by atoms with E-state index in [9.17, 15) is 9.59 Å². The fourth-order valence-electron chi connectivity index (χ4n) is 3.17. The van der Waals surface area contributed by atoms with E-state index < -0.39 is 0 Å². The van der Waals surface area contributed by atoms with Crippen LogP contribution in [0.3, 0.4) is 0 Å². The van der Waals surface area contributed by atoms with Gasteiger partial charge in [-0.05, 0) is 57.7 Å². The summed E-state index contributed by atoms with van der Waals surface area (Å²) in [4.78, 5) is 26.9. The first-order valence-corrected chi connectivity index (χ1v) is 9.38. The van der Waals surface area contributed by atoms with Gasteiger partial charge < -0.3 is 21.3 Å². The van der Waals surface area contributed by atoms with Crippen molar-refractivity contribution < 1.29 is 9.59 Å². The number of amides is 3. The highest BCUT2D eigenvalue weighted by Crippen LogP contribution is 2.27. The van der Waals surface area contributed by atoms with Gasteiger partial charge in [0.25, 0.3) is 5.91 Å². The number of nitrogens with zero attached hydrogens (tertiary/aromatic N) is 1. The third-order valence-electron chi connectivity index (χ3n) is 4.45. The number of carbonyl (C=O) groups excluding carboxylic acids is 2. The number of hydrogen-bond acceptors (Lipinski definition) is 3. The Morgan fingerprint density at radius 1 is 1.33 bits per heavy atom. The van der Waals surface area contributed by atoms with Crippen LogP contribution >= 0.6 is 24.0 Å². The fourth-order valence-corrected chi connectivity index (χ4v) is 3.37. The zero-order valence-corrected chi connectivity index (χ0v) is 17.9. The van der Waals surface area contributed by atoms with Gasteiger partial charge >= 0.3 is 6.03 Å². The summed E-state index contributed by atoms with van der Waals surface area (Å²) < 4.78 is 0. The van der Waals surface area contributed by atoms with Gasteiger partial charge in [0.05, 0.1) is 10.6 Å². The predicted molar refractivity (Wildman–Crippen MR) is 113 cm³/mol. The molecule has 0 bridgehead atoms. The molecule has 152 valence electrons. The summed E-state index contributed by atoms with van der Waals surface area (Å²) in [6.45, 7) is 8.96. The Labute approximate surface area is 172 Å². The Balaban J connectivity index is 0.00000364. The molecule has 1 aliphatic heterocycles. The molecule has 6 nitrogen and oxygen atoms in total. The van der Waals surface area contributed by atoms with Crippen molar-refractivity contribution >= 4 is 41.6 Å². The lowest BCUT2D eigenvalue weighted by atomic mass is 9.92. The van der Waals surface area contributed by atoms with Crippen LogP contribution in [0.25, 0.3) is 0 Å². The number of nitrogens with one attached hydrogen (secondary N) is 2. The molecule has 2 atom stereocenters. The summed E-state index contributed by atoms with van der Waals surface area (Å²) in [5.41, 5.74) is 6.42. The fraction of sp³-hybridized carbons (Fsp3) is 0.579. The zero-order chi connectivity index (χ0) is 19.5. The second-order valence-electron chi connectivity index (χ2n) is 8.04. The van der Waals surface area contributed by atoms with Crippen molar-refractivity contribution in [2.24, 2.45) is 11.7 Å². The molecule has 1 fully saturated rings. The van der Waals surface area contributed by atoms with Crippen molar-refractivity contribution in [3.63, 3.8) is 0 Å². The molecular formula is C19H30Cl2N4O2. The maximum Gasteiger partial charge on any atom is 0.319 e. The molecule has 0 saturated carbocycles. The molecule has 0 aliphatic carbocycles. The highest BCUT2D eigenvalue weighted by atomic mass is 35.5. The smallest absolute Gasteiger partial charge is 0.319 e. The lowest BCUT2D eigenvalue weighted by Gasteiger charge is -2.38. The van der Waals surface area contributed by atoms with E-state index in [1.165, 1.54) is 0 Å². The highest BCUT2D eigenvalue weighted by Gasteiger charge is 2.30. The number of hydrogen-bond donors (Lipinski definition) is 3. The first kappa shape index (κ1) is 23.5. The monoisotopic (exact) mass is 416 g/mol. The topological polar surface area (TPSA) is 87.5 Å². The van der Waals surface area contributed by atoms with Crippen molar-refractivity contribution in [1.29, 1.82) is 0 Å². The van der Waals surface area contributed by atoms with E-state index in [1.54, 1.807) is 23.1 Å². The molecule has 0 radical (unpaired) electrons. The molecule has 27 heavy (non-hydrogen) atoms. The average Bonchev–Trinajstić information content (AvgIpc) is 2.54. The minimum absolute atomic E-state index is 0. The van der Waals surface area contributed by atoms with E-state index >= 15 is 0 Å². The molecule has 1 heterocycles. The average molecular weight is 417 g/mol. The summed E-state index contributed by atoms with van der Waals surface area (Å²) in [5, 5.41) is 5.94. The van der Waals surface area contributed by atoms with Crippen LogP contribution in [0, 0.1) is 5.92 Å². The Morgan fingerprint density at radius 3 is 2.59 bits per heavy atom. The molecular weight excluding hydrogens is 387 g/mol. The van der Waals surface area contributed by atoms with E-state index in [4.69, 9.17) is 17.3 Å². The minimum Gasteiger partial charge on any atom is -0.334 e. The van der Waals surface area contributed by atoms with Gasteiger partial charge in [-0.3, -0.25) is 4.79 Å². The van der Waals surface area contributed by atoms with E-state index in [-0.39, 0.29) is 35.9 Å². The van der Waals surface area contributed by atoms with Crippen molar-refractivity contribution in [3.05, 3.63) is 28.8 Å². The van der Waals surface area contributed by atoms with Crippen LogP contribution in [0.5, 0.6) is 0 Å². The van der Waals surface area contributed by atoms with Crippen LogP contribution < -0.4 is 16.4 Å². The van der Waals surface area contributed by atoms with E-state index in [1.807, 2.05) is 20.8 Å². The summed E-state index contributed by atoms with van der Waals surface area (Å²) in [6, 6.07) is 4.62. The van der Waals surface area contributed by atoms with Gasteiger partial charge in [-0.1, -0.05) is 18.5 Å². The number of benzene rings is 1. The number of anilines is 1. The first-order valence-electron chi connectivity index (χ1n) is 9.00. The number of nitrogens with two attached hydrogens (primary N) is 1. The summed E-state index contributed by atoms with van der Waals surface area (Å²) >= 11 is 6.27. The SMILES string of the molecule is CC1CCN(C(=O)c2cc(NC(=O)NC(C)(C)C)ccc2Cl)C(CN)C1.Cl. The second-order valence-corrected chi connectivity index (χ2v) is 8.45. The Morgan fingerprint density at radius 2 is 2.00 bits per heavy atom. The standard InChI is InChI=1S/C19H29ClN4O2.ClH/c1-12-7-8-24(14(9-12)11-21)17(25)15-10-13(5-6-16(15)20)22-18(26)23-19(2,3)4;/h5-6,10,12,14H,7-9,11,21H2,1-4H3,(H2,22,23,26);1H. The first-order chi connectivity index (χ1) is 12.1.